The van der Waals surface area contributed by atoms with Gasteiger partial charge in [-0.25, -0.2) is 0 Å². The molecule has 0 aromatic carbocycles. The second-order valence-corrected chi connectivity index (χ2v) is 3.63. The van der Waals surface area contributed by atoms with E-state index in [0.717, 1.165) is 12.1 Å². The average molecular weight is 211 g/mol. The van der Waals surface area contributed by atoms with Gasteiger partial charge >= 0.3 is 0 Å². The average Bonchev–Trinajstić information content (AvgIpc) is 2.73. The number of aliphatic hydroxyl groups excluding tert-OH is 1. The zero-order chi connectivity index (χ0) is 11.3. The first-order chi connectivity index (χ1) is 7.17. The van der Waals surface area contributed by atoms with Gasteiger partial charge in [-0.2, -0.15) is 5.10 Å². The molecule has 5 heteroatoms. The lowest BCUT2D eigenvalue weighted by Gasteiger charge is -2.07. The van der Waals surface area contributed by atoms with E-state index in [9.17, 15) is 4.79 Å². The zero-order valence-corrected chi connectivity index (χ0v) is 9.08. The van der Waals surface area contributed by atoms with Crippen molar-refractivity contribution in [2.45, 2.75) is 20.3 Å². The van der Waals surface area contributed by atoms with Crippen molar-refractivity contribution in [3.8, 4) is 0 Å². The summed E-state index contributed by atoms with van der Waals surface area (Å²) < 4.78 is 0. The van der Waals surface area contributed by atoms with E-state index in [2.05, 4.69) is 15.5 Å². The molecule has 1 heterocycles. The predicted molar refractivity (Wildman–Crippen MR) is 56.5 cm³/mol. The molecule has 84 valence electrons. The fourth-order valence-electron chi connectivity index (χ4n) is 1.08. The Morgan fingerprint density at radius 3 is 3.00 bits per heavy atom. The van der Waals surface area contributed by atoms with E-state index in [1.807, 2.05) is 13.8 Å². The second kappa shape index (κ2) is 5.50. The first-order valence-electron chi connectivity index (χ1n) is 5.10. The molecule has 1 aromatic rings. The number of nitrogens with zero attached hydrogens (tertiary/aromatic N) is 1. The standard InChI is InChI=1S/C10H17N3O2/c1-3-8-4-9(13-12-8)10(15)11-5-7(2)6-14/h4,7,14H,3,5-6H2,1-2H3,(H,11,15)(H,12,13). The van der Waals surface area contributed by atoms with Crippen LogP contribution in [0.3, 0.4) is 0 Å². The van der Waals surface area contributed by atoms with Gasteiger partial charge in [0.2, 0.25) is 0 Å². The molecule has 15 heavy (non-hydrogen) atoms. The van der Waals surface area contributed by atoms with Crippen molar-refractivity contribution >= 4 is 5.91 Å². The molecule has 1 atom stereocenters. The summed E-state index contributed by atoms with van der Waals surface area (Å²) in [5.74, 6) is -0.134. The summed E-state index contributed by atoms with van der Waals surface area (Å²) >= 11 is 0. The summed E-state index contributed by atoms with van der Waals surface area (Å²) in [5.41, 5.74) is 1.34. The number of rotatable bonds is 5. The van der Waals surface area contributed by atoms with Crippen molar-refractivity contribution < 1.29 is 9.90 Å². The van der Waals surface area contributed by atoms with Crippen molar-refractivity contribution in [1.82, 2.24) is 15.5 Å². The van der Waals surface area contributed by atoms with Crippen LogP contribution in [-0.2, 0) is 6.42 Å². The fraction of sp³-hybridized carbons (Fsp3) is 0.600. The molecule has 0 fully saturated rings. The Kier molecular flexibility index (Phi) is 4.30. The molecular formula is C10H17N3O2. The van der Waals surface area contributed by atoms with Crippen molar-refractivity contribution in [2.75, 3.05) is 13.2 Å². The minimum absolute atomic E-state index is 0.0681. The van der Waals surface area contributed by atoms with Crippen LogP contribution in [0.2, 0.25) is 0 Å². The third-order valence-corrected chi connectivity index (χ3v) is 2.17. The zero-order valence-electron chi connectivity index (χ0n) is 9.08. The Morgan fingerprint density at radius 2 is 2.47 bits per heavy atom. The van der Waals surface area contributed by atoms with E-state index in [1.165, 1.54) is 0 Å². The van der Waals surface area contributed by atoms with Crippen molar-refractivity contribution in [1.29, 1.82) is 0 Å². The lowest BCUT2D eigenvalue weighted by atomic mass is 10.2. The second-order valence-electron chi connectivity index (χ2n) is 3.63. The minimum atomic E-state index is -0.203. The molecular weight excluding hydrogens is 194 g/mol. The van der Waals surface area contributed by atoms with Crippen LogP contribution in [0, 0.1) is 5.92 Å². The van der Waals surface area contributed by atoms with Crippen LogP contribution in [0.4, 0.5) is 0 Å². The SMILES string of the molecule is CCc1cc(C(=O)NCC(C)CO)n[nH]1. The highest BCUT2D eigenvalue weighted by atomic mass is 16.3. The Labute approximate surface area is 88.9 Å². The summed E-state index contributed by atoms with van der Waals surface area (Å²) in [7, 11) is 0. The van der Waals surface area contributed by atoms with E-state index >= 15 is 0 Å². The maximum Gasteiger partial charge on any atom is 0.271 e. The monoisotopic (exact) mass is 211 g/mol. The molecule has 0 aliphatic carbocycles. The number of carbonyl (C=O) groups excluding carboxylic acids is 1. The molecule has 1 unspecified atom stereocenters. The highest BCUT2D eigenvalue weighted by molar-refractivity contribution is 5.92. The van der Waals surface area contributed by atoms with E-state index < -0.39 is 0 Å². The van der Waals surface area contributed by atoms with Gasteiger partial charge in [0.1, 0.15) is 5.69 Å². The van der Waals surface area contributed by atoms with Crippen molar-refractivity contribution in [3.05, 3.63) is 17.5 Å². The van der Waals surface area contributed by atoms with Crippen LogP contribution in [0.5, 0.6) is 0 Å². The van der Waals surface area contributed by atoms with Gasteiger partial charge in [0, 0.05) is 18.8 Å². The Bertz CT molecular complexity index is 322. The molecule has 0 bridgehead atoms. The third kappa shape index (κ3) is 3.36. The van der Waals surface area contributed by atoms with E-state index in [-0.39, 0.29) is 18.4 Å². The molecule has 0 saturated carbocycles. The summed E-state index contributed by atoms with van der Waals surface area (Å²) in [6.07, 6.45) is 0.827. The smallest absolute Gasteiger partial charge is 0.271 e. The summed E-state index contributed by atoms with van der Waals surface area (Å²) in [5, 5.41) is 18.2. The van der Waals surface area contributed by atoms with Gasteiger partial charge in [0.05, 0.1) is 0 Å². The van der Waals surface area contributed by atoms with E-state index in [0.29, 0.717) is 12.2 Å². The third-order valence-electron chi connectivity index (χ3n) is 2.17. The van der Waals surface area contributed by atoms with Gasteiger partial charge in [-0.3, -0.25) is 9.89 Å². The first kappa shape index (κ1) is 11.7. The topological polar surface area (TPSA) is 78.0 Å². The Morgan fingerprint density at radius 1 is 1.73 bits per heavy atom. The molecule has 0 aliphatic heterocycles. The molecule has 1 aromatic heterocycles. The fourth-order valence-corrected chi connectivity index (χ4v) is 1.08. The Balaban J connectivity index is 2.46. The number of H-pyrrole nitrogens is 1. The normalized spacial score (nSPS) is 12.5. The molecule has 0 radical (unpaired) electrons. The number of aryl methyl sites for hydroxylation is 1. The van der Waals surface area contributed by atoms with E-state index in [4.69, 9.17) is 5.11 Å². The highest BCUT2D eigenvalue weighted by Gasteiger charge is 2.10. The van der Waals surface area contributed by atoms with Crippen LogP contribution in [-0.4, -0.2) is 34.4 Å². The molecule has 5 nitrogen and oxygen atoms in total. The number of aromatic amines is 1. The lowest BCUT2D eigenvalue weighted by molar-refractivity contribution is 0.0937. The van der Waals surface area contributed by atoms with Crippen LogP contribution in [0.25, 0.3) is 0 Å². The summed E-state index contributed by atoms with van der Waals surface area (Å²) in [4.78, 5) is 11.5. The molecule has 1 amide bonds. The lowest BCUT2D eigenvalue weighted by Crippen LogP contribution is -2.29. The molecule has 0 aliphatic rings. The van der Waals surface area contributed by atoms with Gasteiger partial charge in [-0.05, 0) is 18.4 Å². The number of nitrogens with one attached hydrogen (secondary N) is 2. The van der Waals surface area contributed by atoms with Gasteiger partial charge in [0.25, 0.3) is 5.91 Å². The quantitative estimate of drug-likeness (QED) is 0.656. The summed E-state index contributed by atoms with van der Waals surface area (Å²) in [6, 6.07) is 1.74. The van der Waals surface area contributed by atoms with Crippen LogP contribution < -0.4 is 5.32 Å². The number of hydrogen-bond acceptors (Lipinski definition) is 3. The van der Waals surface area contributed by atoms with Crippen LogP contribution in [0.1, 0.15) is 30.0 Å². The van der Waals surface area contributed by atoms with Gasteiger partial charge < -0.3 is 10.4 Å². The number of aliphatic hydroxyl groups is 1. The van der Waals surface area contributed by atoms with Crippen LogP contribution >= 0.6 is 0 Å². The first-order valence-corrected chi connectivity index (χ1v) is 5.10. The molecule has 0 spiro atoms. The maximum absolute atomic E-state index is 11.5. The van der Waals surface area contributed by atoms with Gasteiger partial charge in [0.15, 0.2) is 0 Å². The largest absolute Gasteiger partial charge is 0.396 e. The minimum Gasteiger partial charge on any atom is -0.396 e. The molecule has 0 saturated heterocycles. The van der Waals surface area contributed by atoms with Crippen molar-refractivity contribution in [3.63, 3.8) is 0 Å². The molecule has 3 N–H and O–H groups in total. The highest BCUT2D eigenvalue weighted by Crippen LogP contribution is 2.00. The van der Waals surface area contributed by atoms with Gasteiger partial charge in [-0.15, -0.1) is 0 Å². The number of hydrogen-bond donors (Lipinski definition) is 3. The predicted octanol–water partition coefficient (Wildman–Crippen LogP) is 0.330. The number of aromatic nitrogens is 2. The number of carbonyl (C=O) groups is 1. The van der Waals surface area contributed by atoms with E-state index in [1.54, 1.807) is 6.07 Å². The Hall–Kier alpha value is -1.36. The maximum atomic E-state index is 11.5. The summed E-state index contributed by atoms with van der Waals surface area (Å²) in [6.45, 7) is 4.38. The van der Waals surface area contributed by atoms with Crippen LogP contribution in [0.15, 0.2) is 6.07 Å². The number of amides is 1. The van der Waals surface area contributed by atoms with Crippen molar-refractivity contribution in [2.24, 2.45) is 5.92 Å². The van der Waals surface area contributed by atoms with Gasteiger partial charge in [-0.1, -0.05) is 13.8 Å². The molecule has 1 rings (SSSR count).